The number of aryl methyl sites for hydroxylation is 1. The summed E-state index contributed by atoms with van der Waals surface area (Å²) in [4.78, 5) is 22.1. The van der Waals surface area contributed by atoms with Crippen molar-refractivity contribution in [2.24, 2.45) is 24.8 Å². The summed E-state index contributed by atoms with van der Waals surface area (Å²) in [5.41, 5.74) is 0.700. The Morgan fingerprint density at radius 2 is 1.97 bits per heavy atom. The minimum Gasteiger partial charge on any atom is -0.382 e. The maximum atomic E-state index is 13.5. The summed E-state index contributed by atoms with van der Waals surface area (Å²) in [6.07, 6.45) is 8.86. The number of rotatable bonds is 6. The van der Waals surface area contributed by atoms with Crippen molar-refractivity contribution in [2.75, 3.05) is 5.32 Å². The molecule has 3 saturated carbocycles. The molecule has 10 heteroatoms. The number of aromatic nitrogens is 5. The highest BCUT2D eigenvalue weighted by Gasteiger charge is 2.52. The number of nitrogens with zero attached hydrogens (tertiary/aromatic N) is 5. The lowest BCUT2D eigenvalue weighted by Crippen LogP contribution is -2.25. The maximum absolute atomic E-state index is 13.5. The number of hydrogen-bond donors (Lipinski definition) is 2. The summed E-state index contributed by atoms with van der Waals surface area (Å²) in [5.74, 6) is 1.19. The molecule has 6 rings (SSSR count). The number of carbonyl (C=O) groups is 1. The highest BCUT2D eigenvalue weighted by atomic mass is 35.5. The first-order valence-corrected chi connectivity index (χ1v) is 12.6. The molecule has 0 saturated heterocycles. The van der Waals surface area contributed by atoms with Gasteiger partial charge < -0.3 is 15.0 Å². The van der Waals surface area contributed by atoms with Crippen LogP contribution in [0.15, 0.2) is 30.9 Å². The Balaban J connectivity index is 1.15. The summed E-state index contributed by atoms with van der Waals surface area (Å²) in [6, 6.07) is 4.10. The minimum absolute atomic E-state index is 0.0454. The van der Waals surface area contributed by atoms with Crippen molar-refractivity contribution in [1.82, 2.24) is 24.3 Å². The molecule has 0 radical (unpaired) electrons. The highest BCUT2D eigenvalue weighted by molar-refractivity contribution is 6.31. The molecule has 3 aromatic rings. The first-order chi connectivity index (χ1) is 16.8. The van der Waals surface area contributed by atoms with Gasteiger partial charge in [-0.15, -0.1) is 0 Å². The summed E-state index contributed by atoms with van der Waals surface area (Å²) in [7, 11) is 1.79. The zero-order valence-electron chi connectivity index (χ0n) is 19.5. The van der Waals surface area contributed by atoms with Crippen molar-refractivity contribution in [3.8, 4) is 0 Å². The van der Waals surface area contributed by atoms with Crippen LogP contribution in [0.3, 0.4) is 0 Å². The number of hydrogen-bond acceptors (Lipinski definition) is 5. The summed E-state index contributed by atoms with van der Waals surface area (Å²) < 4.78 is 17.1. The van der Waals surface area contributed by atoms with E-state index in [0.717, 1.165) is 25.1 Å². The number of nitrogens with one attached hydrogen (secondary N) is 1. The first-order valence-electron chi connectivity index (χ1n) is 12.2. The molecule has 2 aromatic heterocycles. The van der Waals surface area contributed by atoms with Gasteiger partial charge in [-0.05, 0) is 74.5 Å². The van der Waals surface area contributed by atoms with E-state index in [-0.39, 0.29) is 16.8 Å². The van der Waals surface area contributed by atoms with E-state index in [2.05, 4.69) is 20.4 Å². The second-order valence-electron chi connectivity index (χ2n) is 10.5. The molecule has 0 spiro atoms. The summed E-state index contributed by atoms with van der Waals surface area (Å²) >= 11 is 5.86. The molecule has 35 heavy (non-hydrogen) atoms. The largest absolute Gasteiger partial charge is 0.382 e. The zero-order chi connectivity index (χ0) is 24.3. The summed E-state index contributed by atoms with van der Waals surface area (Å²) in [6.45, 7) is 0.882. The van der Waals surface area contributed by atoms with E-state index in [1.807, 2.05) is 4.68 Å². The molecular formula is C25H28ClFN6O2. The maximum Gasteiger partial charge on any atom is 0.274 e. The van der Waals surface area contributed by atoms with Crippen molar-refractivity contribution in [2.45, 2.75) is 56.6 Å². The molecule has 2 heterocycles. The number of imidazole rings is 1. The standard InChI is InChI=1S/C25H28ClFN6O2/c1-32-12-28-21(22(32)23(34)30-18-4-5-20(27)19(26)8-18)15-6-16-9-25(35,10-17(16)7-15)24-29-13-33(31-24)11-14-2-3-14/h4-5,8,12-17,35H,2-3,6-7,9-11H2,1H3,(H,30,34). The number of halogens is 2. The van der Waals surface area contributed by atoms with Gasteiger partial charge in [-0.3, -0.25) is 9.48 Å². The smallest absolute Gasteiger partial charge is 0.274 e. The second kappa shape index (κ2) is 8.41. The van der Waals surface area contributed by atoms with Crippen molar-refractivity contribution in [3.05, 3.63) is 58.9 Å². The molecule has 2 unspecified atom stereocenters. The van der Waals surface area contributed by atoms with Crippen LogP contribution in [-0.2, 0) is 19.2 Å². The predicted molar refractivity (Wildman–Crippen MR) is 127 cm³/mol. The minimum atomic E-state index is -0.985. The van der Waals surface area contributed by atoms with Gasteiger partial charge in [0.25, 0.3) is 5.91 Å². The van der Waals surface area contributed by atoms with Crippen molar-refractivity contribution in [1.29, 1.82) is 0 Å². The van der Waals surface area contributed by atoms with E-state index >= 15 is 0 Å². The fourth-order valence-electron chi connectivity index (χ4n) is 6.02. The molecule has 1 amide bonds. The van der Waals surface area contributed by atoms with Gasteiger partial charge in [0.05, 0.1) is 17.0 Å². The van der Waals surface area contributed by atoms with E-state index in [0.29, 0.717) is 47.8 Å². The molecule has 2 atom stereocenters. The highest BCUT2D eigenvalue weighted by Crippen LogP contribution is 2.56. The quantitative estimate of drug-likeness (QED) is 0.529. The van der Waals surface area contributed by atoms with Crippen LogP contribution < -0.4 is 5.32 Å². The van der Waals surface area contributed by atoms with Gasteiger partial charge in [0.2, 0.25) is 0 Å². The van der Waals surface area contributed by atoms with Gasteiger partial charge in [0.1, 0.15) is 23.4 Å². The third-order valence-corrected chi connectivity index (χ3v) is 8.17. The SMILES string of the molecule is Cn1cnc(C2CC3CC(O)(c4ncn(CC5CC5)n4)CC3C2)c1C(=O)Nc1ccc(F)c(Cl)c1. The van der Waals surface area contributed by atoms with Crippen molar-refractivity contribution >= 4 is 23.2 Å². The predicted octanol–water partition coefficient (Wildman–Crippen LogP) is 4.26. The Labute approximate surface area is 207 Å². The fourth-order valence-corrected chi connectivity index (χ4v) is 6.20. The van der Waals surface area contributed by atoms with Crippen molar-refractivity contribution in [3.63, 3.8) is 0 Å². The third kappa shape index (κ3) is 4.25. The lowest BCUT2D eigenvalue weighted by Gasteiger charge is -2.21. The molecule has 0 aliphatic heterocycles. The molecule has 2 N–H and O–H groups in total. The topological polar surface area (TPSA) is 97.9 Å². The van der Waals surface area contributed by atoms with Crippen LogP contribution >= 0.6 is 11.6 Å². The first kappa shape index (κ1) is 22.7. The van der Waals surface area contributed by atoms with E-state index in [9.17, 15) is 14.3 Å². The summed E-state index contributed by atoms with van der Waals surface area (Å²) in [5, 5.41) is 18.7. The van der Waals surface area contributed by atoms with Gasteiger partial charge in [0.15, 0.2) is 5.82 Å². The molecule has 184 valence electrons. The fraction of sp³-hybridized carbons (Fsp3) is 0.520. The van der Waals surface area contributed by atoms with Crippen LogP contribution in [0.5, 0.6) is 0 Å². The molecule has 3 fully saturated rings. The molecule has 3 aliphatic rings. The average Bonchev–Trinajstić information content (AvgIpc) is 3.12. The Morgan fingerprint density at radius 3 is 2.66 bits per heavy atom. The lowest BCUT2D eigenvalue weighted by atomic mass is 9.92. The van der Waals surface area contributed by atoms with E-state index in [4.69, 9.17) is 11.6 Å². The molecule has 8 nitrogen and oxygen atoms in total. The molecule has 0 bridgehead atoms. The average molecular weight is 499 g/mol. The number of amides is 1. The van der Waals surface area contributed by atoms with Crippen LogP contribution in [0, 0.1) is 23.6 Å². The zero-order valence-corrected chi connectivity index (χ0v) is 20.2. The third-order valence-electron chi connectivity index (χ3n) is 7.88. The van der Waals surface area contributed by atoms with Crippen LogP contribution in [0.1, 0.15) is 66.4 Å². The monoisotopic (exact) mass is 498 g/mol. The number of carbonyl (C=O) groups excluding carboxylic acids is 1. The van der Waals surface area contributed by atoms with Gasteiger partial charge in [0, 0.05) is 25.2 Å². The number of anilines is 1. The number of benzene rings is 1. The van der Waals surface area contributed by atoms with E-state index in [1.165, 1.54) is 31.0 Å². The number of aliphatic hydroxyl groups is 1. The van der Waals surface area contributed by atoms with Gasteiger partial charge >= 0.3 is 0 Å². The van der Waals surface area contributed by atoms with Crippen molar-refractivity contribution < 1.29 is 14.3 Å². The van der Waals surface area contributed by atoms with Gasteiger partial charge in [-0.1, -0.05) is 11.6 Å². The normalized spacial score (nSPS) is 27.8. The second-order valence-corrected chi connectivity index (χ2v) is 10.9. The van der Waals surface area contributed by atoms with Gasteiger partial charge in [-0.2, -0.15) is 5.10 Å². The Hall–Kier alpha value is -2.78. The molecular weight excluding hydrogens is 471 g/mol. The lowest BCUT2D eigenvalue weighted by molar-refractivity contribution is 0.0252. The van der Waals surface area contributed by atoms with Gasteiger partial charge in [-0.25, -0.2) is 14.4 Å². The molecule has 1 aromatic carbocycles. The Morgan fingerprint density at radius 1 is 1.23 bits per heavy atom. The van der Waals surface area contributed by atoms with Crippen LogP contribution in [0.4, 0.5) is 10.1 Å². The Bertz CT molecular complexity index is 1270. The van der Waals surface area contributed by atoms with E-state index < -0.39 is 11.4 Å². The van der Waals surface area contributed by atoms with Crippen LogP contribution in [0.25, 0.3) is 0 Å². The van der Waals surface area contributed by atoms with E-state index in [1.54, 1.807) is 24.3 Å². The Kier molecular flexibility index (Phi) is 5.45. The van der Waals surface area contributed by atoms with Crippen LogP contribution in [-0.4, -0.2) is 35.3 Å². The van der Waals surface area contributed by atoms with Crippen LogP contribution in [0.2, 0.25) is 5.02 Å². The molecule has 3 aliphatic carbocycles. The number of fused-ring (bicyclic) bond motifs is 1.